The third-order valence-corrected chi connectivity index (χ3v) is 8.20. The third kappa shape index (κ3) is 6.65. The van der Waals surface area contributed by atoms with Gasteiger partial charge in [-0.15, -0.1) is 0 Å². The van der Waals surface area contributed by atoms with Gasteiger partial charge in [-0.1, -0.05) is 0 Å². The zero-order chi connectivity index (χ0) is 13.2. The van der Waals surface area contributed by atoms with Crippen molar-refractivity contribution in [1.82, 2.24) is 15.0 Å². The number of aromatic nitrogens is 3. The van der Waals surface area contributed by atoms with Crippen molar-refractivity contribution >= 4 is 61.1 Å². The van der Waals surface area contributed by atoms with Gasteiger partial charge in [0.05, 0.1) is 0 Å². The first-order valence-electron chi connectivity index (χ1n) is 5.60. The van der Waals surface area contributed by atoms with Crippen LogP contribution in [-0.4, -0.2) is 97.3 Å². The quantitative estimate of drug-likeness (QED) is 0.334. The van der Waals surface area contributed by atoms with Gasteiger partial charge >= 0.3 is 127 Å². The maximum atomic E-state index is 8.86. The van der Waals surface area contributed by atoms with Crippen LogP contribution in [0.3, 0.4) is 0 Å². The Labute approximate surface area is 126 Å². The van der Waals surface area contributed by atoms with E-state index in [1.807, 2.05) is 0 Å². The van der Waals surface area contributed by atoms with Gasteiger partial charge in [0.1, 0.15) is 0 Å². The van der Waals surface area contributed by atoms with Crippen molar-refractivity contribution in [2.75, 3.05) is 19.8 Å². The molecule has 0 aliphatic rings. The van der Waals surface area contributed by atoms with Gasteiger partial charge < -0.3 is 0 Å². The second-order valence-corrected chi connectivity index (χ2v) is 11.4. The van der Waals surface area contributed by atoms with E-state index in [-0.39, 0.29) is 19.8 Å². The van der Waals surface area contributed by atoms with E-state index in [9.17, 15) is 0 Å². The van der Waals surface area contributed by atoms with Crippen LogP contribution >= 0.6 is 0 Å². The number of aliphatic hydroxyl groups excluding tert-OH is 3. The molecule has 18 heavy (non-hydrogen) atoms. The molecule has 6 nitrogen and oxygen atoms in total. The molecule has 0 aliphatic carbocycles. The molecule has 3 N–H and O–H groups in total. The Bertz CT molecular complexity index is 292. The van der Waals surface area contributed by atoms with Crippen LogP contribution in [0.25, 0.3) is 0 Å². The van der Waals surface area contributed by atoms with Crippen molar-refractivity contribution in [3.63, 3.8) is 0 Å². The van der Waals surface area contributed by atoms with E-state index in [4.69, 9.17) is 15.3 Å². The minimum atomic E-state index is -0.472. The van der Waals surface area contributed by atoms with Crippen molar-refractivity contribution < 1.29 is 15.3 Å². The van der Waals surface area contributed by atoms with Crippen LogP contribution < -0.4 is 13.8 Å². The van der Waals surface area contributed by atoms with Crippen molar-refractivity contribution in [3.8, 4) is 0 Å². The van der Waals surface area contributed by atoms with Crippen LogP contribution in [0.1, 0.15) is 0 Å². The molecule has 1 rings (SSSR count). The van der Waals surface area contributed by atoms with Crippen LogP contribution in [-0.2, 0) is 0 Å². The summed E-state index contributed by atoms with van der Waals surface area (Å²) in [6, 6.07) is 0. The van der Waals surface area contributed by atoms with E-state index in [1.165, 1.54) is 0 Å². The van der Waals surface area contributed by atoms with Crippen molar-refractivity contribution in [3.05, 3.63) is 0 Å². The molecule has 102 valence electrons. The summed E-state index contributed by atoms with van der Waals surface area (Å²) in [7, 11) is 0. The van der Waals surface area contributed by atoms with Gasteiger partial charge in [-0.3, -0.25) is 0 Å². The zero-order valence-electron chi connectivity index (χ0n) is 9.93. The Morgan fingerprint density at radius 3 is 1.11 bits per heavy atom. The minimum absolute atomic E-state index is 0.191. The first kappa shape index (κ1) is 16.6. The van der Waals surface area contributed by atoms with Crippen LogP contribution in [0.2, 0.25) is 15.6 Å². The van der Waals surface area contributed by atoms with E-state index in [0.29, 0.717) is 0 Å². The van der Waals surface area contributed by atoms with E-state index in [2.05, 4.69) is 15.0 Å². The standard InChI is InChI=1S/C9H18As3N3O3/c16-4-1-10-7-13-8(11-2-5-17)15-9(14-7)12-3-6-18/h10-12,16-18H,1-6H2. The molecule has 0 bridgehead atoms. The molecule has 1 heterocycles. The molecule has 0 aliphatic heterocycles. The SMILES string of the molecule is OCC[AsH]c1nc([AsH]CCO)nc([AsH]CCO)n1. The Morgan fingerprint density at radius 1 is 0.611 bits per heavy atom. The Morgan fingerprint density at radius 2 is 0.889 bits per heavy atom. The fraction of sp³-hybridized carbons (Fsp3) is 0.667. The van der Waals surface area contributed by atoms with Crippen molar-refractivity contribution in [2.24, 2.45) is 0 Å². The van der Waals surface area contributed by atoms with Gasteiger partial charge in [0.15, 0.2) is 0 Å². The topological polar surface area (TPSA) is 99.4 Å². The monoisotopic (exact) mass is 441 g/mol. The predicted octanol–water partition coefficient (Wildman–Crippen LogP) is -4.71. The summed E-state index contributed by atoms with van der Waals surface area (Å²) in [6.45, 7) is 0.572. The molecule has 0 spiro atoms. The predicted molar refractivity (Wildman–Crippen MR) is 75.9 cm³/mol. The molecule has 1 aromatic heterocycles. The maximum absolute atomic E-state index is 8.86. The summed E-state index contributed by atoms with van der Waals surface area (Å²) >= 11 is -1.42. The summed E-state index contributed by atoms with van der Waals surface area (Å²) in [5.41, 5.74) is 0. The fourth-order valence-corrected chi connectivity index (χ4v) is 7.03. The van der Waals surface area contributed by atoms with Crippen molar-refractivity contribution in [1.29, 1.82) is 0 Å². The second-order valence-electron chi connectivity index (χ2n) is 3.26. The van der Waals surface area contributed by atoms with Gasteiger partial charge in [0, 0.05) is 0 Å². The van der Waals surface area contributed by atoms with Gasteiger partial charge in [-0.2, -0.15) is 0 Å². The molecule has 0 amide bonds. The van der Waals surface area contributed by atoms with Crippen LogP contribution in [0.15, 0.2) is 0 Å². The van der Waals surface area contributed by atoms with E-state index < -0.39 is 47.3 Å². The molecule has 3 unspecified atom stereocenters. The zero-order valence-corrected chi connectivity index (χ0v) is 16.2. The number of aliphatic hydroxyl groups is 3. The van der Waals surface area contributed by atoms with Crippen LogP contribution in [0, 0.1) is 0 Å². The van der Waals surface area contributed by atoms with Crippen LogP contribution in [0.5, 0.6) is 0 Å². The first-order valence-corrected chi connectivity index (χ1v) is 13.2. The van der Waals surface area contributed by atoms with Gasteiger partial charge in [-0.05, 0) is 0 Å². The van der Waals surface area contributed by atoms with E-state index in [0.717, 1.165) is 29.5 Å². The molecular weight excluding hydrogens is 423 g/mol. The van der Waals surface area contributed by atoms with Gasteiger partial charge in [0.2, 0.25) is 0 Å². The summed E-state index contributed by atoms with van der Waals surface area (Å²) < 4.78 is 2.60. The molecule has 0 saturated carbocycles. The molecule has 9 heteroatoms. The second kappa shape index (κ2) is 10.4. The van der Waals surface area contributed by atoms with Crippen LogP contribution in [0.4, 0.5) is 0 Å². The summed E-state index contributed by atoms with van der Waals surface area (Å²) in [6.07, 6.45) is 0. The normalized spacial score (nSPS) is 12.8. The first-order chi connectivity index (χ1) is 8.80. The number of rotatable bonds is 9. The third-order valence-electron chi connectivity index (χ3n) is 1.82. The number of hydrogen-bond acceptors (Lipinski definition) is 6. The van der Waals surface area contributed by atoms with E-state index >= 15 is 0 Å². The fourth-order valence-electron chi connectivity index (χ4n) is 1.12. The molecule has 0 saturated heterocycles. The molecule has 0 radical (unpaired) electrons. The molecule has 0 fully saturated rings. The summed E-state index contributed by atoms with van der Waals surface area (Å²) in [4.78, 5) is 13.3. The number of hydrogen-bond donors (Lipinski definition) is 3. The average Bonchev–Trinajstić information content (AvgIpc) is 2.40. The average molecular weight is 441 g/mol. The summed E-state index contributed by atoms with van der Waals surface area (Å²) in [5, 5.41) is 28.9. The Kier molecular flexibility index (Phi) is 9.57. The molecular formula is C9H18As3N3O3. The molecule has 3 atom stereocenters. The Hall–Kier alpha value is 0.565. The molecule has 1 aromatic rings. The Balaban J connectivity index is 2.74. The van der Waals surface area contributed by atoms with Gasteiger partial charge in [-0.25, -0.2) is 0 Å². The number of nitrogens with zero attached hydrogens (tertiary/aromatic N) is 3. The van der Waals surface area contributed by atoms with E-state index in [1.54, 1.807) is 0 Å². The van der Waals surface area contributed by atoms with Crippen molar-refractivity contribution in [2.45, 2.75) is 15.6 Å². The van der Waals surface area contributed by atoms with Gasteiger partial charge in [0.25, 0.3) is 0 Å². The summed E-state index contributed by atoms with van der Waals surface area (Å²) in [5.74, 6) is 0. The molecule has 0 aromatic carbocycles.